The van der Waals surface area contributed by atoms with Crippen LogP contribution in [0.4, 0.5) is 5.82 Å². The lowest BCUT2D eigenvalue weighted by atomic mass is 9.95. The van der Waals surface area contributed by atoms with E-state index in [2.05, 4.69) is 14.9 Å². The number of primary amides is 1. The van der Waals surface area contributed by atoms with Gasteiger partial charge >= 0.3 is 0 Å². The number of aromatic nitrogens is 2. The van der Waals surface area contributed by atoms with Gasteiger partial charge in [0.1, 0.15) is 17.0 Å². The van der Waals surface area contributed by atoms with Gasteiger partial charge in [0.05, 0.1) is 11.3 Å². The van der Waals surface area contributed by atoms with E-state index in [4.69, 9.17) is 5.73 Å². The number of carbonyl (C=O) groups is 1. The molecule has 116 valence electrons. The van der Waals surface area contributed by atoms with Crippen LogP contribution in [0.1, 0.15) is 36.1 Å². The lowest BCUT2D eigenvalue weighted by molar-refractivity contribution is -0.122. The molecule has 0 bridgehead atoms. The summed E-state index contributed by atoms with van der Waals surface area (Å²) in [6.07, 6.45) is 8.36. The number of amides is 1. The largest absolute Gasteiger partial charge is 0.369 e. The molecule has 3 heterocycles. The van der Waals surface area contributed by atoms with Gasteiger partial charge in [-0.2, -0.15) is 0 Å². The highest BCUT2D eigenvalue weighted by atomic mass is 32.1. The summed E-state index contributed by atoms with van der Waals surface area (Å²) in [5.41, 5.74) is 6.96. The fraction of sp³-hybridized carbons (Fsp3) is 0.562. The molecule has 0 radical (unpaired) electrons. The normalized spacial score (nSPS) is 21.8. The number of rotatable bonds is 2. The molecule has 2 aromatic heterocycles. The van der Waals surface area contributed by atoms with Crippen molar-refractivity contribution in [1.29, 1.82) is 0 Å². The summed E-state index contributed by atoms with van der Waals surface area (Å²) >= 11 is 1.82. The Balaban J connectivity index is 1.78. The number of fused-ring (bicyclic) bond motifs is 3. The van der Waals surface area contributed by atoms with Crippen molar-refractivity contribution < 1.29 is 4.79 Å². The minimum Gasteiger partial charge on any atom is -0.369 e. The Labute approximate surface area is 133 Å². The highest BCUT2D eigenvalue weighted by Gasteiger charge is 2.28. The number of carbonyl (C=O) groups excluding carboxylic acids is 1. The zero-order valence-corrected chi connectivity index (χ0v) is 13.4. The summed E-state index contributed by atoms with van der Waals surface area (Å²) in [4.78, 5) is 25.4. The lowest BCUT2D eigenvalue weighted by Gasteiger charge is -2.32. The SMILES string of the molecule is NC(=O)C1CCCN(c2ncnc3sc4c(c23)CCCC4)C1. The van der Waals surface area contributed by atoms with Crippen molar-refractivity contribution in [2.75, 3.05) is 18.0 Å². The molecule has 1 amide bonds. The number of hydrogen-bond donors (Lipinski definition) is 1. The summed E-state index contributed by atoms with van der Waals surface area (Å²) in [6, 6.07) is 0. The molecule has 1 saturated heterocycles. The smallest absolute Gasteiger partial charge is 0.222 e. The highest BCUT2D eigenvalue weighted by molar-refractivity contribution is 7.19. The third-order valence-electron chi connectivity index (χ3n) is 4.85. The van der Waals surface area contributed by atoms with E-state index in [1.165, 1.54) is 35.1 Å². The van der Waals surface area contributed by atoms with E-state index in [1.807, 2.05) is 11.3 Å². The van der Waals surface area contributed by atoms with E-state index in [9.17, 15) is 4.79 Å². The standard InChI is InChI=1S/C16H20N4OS/c17-14(21)10-4-3-7-20(8-10)15-13-11-5-1-2-6-12(11)22-16(13)19-9-18-15/h9-10H,1-8H2,(H2,17,21). The predicted molar refractivity (Wildman–Crippen MR) is 88.2 cm³/mol. The minimum absolute atomic E-state index is 0.0618. The highest BCUT2D eigenvalue weighted by Crippen LogP contribution is 2.39. The Kier molecular flexibility index (Phi) is 3.48. The molecule has 6 heteroatoms. The zero-order chi connectivity index (χ0) is 15.1. The second-order valence-electron chi connectivity index (χ2n) is 6.28. The molecule has 0 saturated carbocycles. The van der Waals surface area contributed by atoms with Crippen LogP contribution >= 0.6 is 11.3 Å². The number of aryl methyl sites for hydroxylation is 2. The molecule has 1 fully saturated rings. The van der Waals surface area contributed by atoms with E-state index >= 15 is 0 Å². The maximum Gasteiger partial charge on any atom is 0.222 e. The summed E-state index contributed by atoms with van der Waals surface area (Å²) in [5, 5.41) is 1.23. The van der Waals surface area contributed by atoms with Gasteiger partial charge in [0, 0.05) is 18.0 Å². The molecule has 0 aromatic carbocycles. The average Bonchev–Trinajstić information content (AvgIpc) is 2.93. The number of piperidine rings is 1. The van der Waals surface area contributed by atoms with Crippen LogP contribution in [0.25, 0.3) is 10.2 Å². The quantitative estimate of drug-likeness (QED) is 0.922. The van der Waals surface area contributed by atoms with E-state index < -0.39 is 0 Å². The van der Waals surface area contributed by atoms with Gasteiger partial charge < -0.3 is 10.6 Å². The second kappa shape index (κ2) is 5.50. The average molecular weight is 316 g/mol. The summed E-state index contributed by atoms with van der Waals surface area (Å²) in [5.74, 6) is 0.755. The van der Waals surface area contributed by atoms with Crippen LogP contribution in [0.3, 0.4) is 0 Å². The van der Waals surface area contributed by atoms with E-state index in [1.54, 1.807) is 6.33 Å². The van der Waals surface area contributed by atoms with Crippen LogP contribution in [0.15, 0.2) is 6.33 Å². The van der Waals surface area contributed by atoms with E-state index in [0.29, 0.717) is 6.54 Å². The molecule has 2 aliphatic rings. The monoisotopic (exact) mass is 316 g/mol. The van der Waals surface area contributed by atoms with Crippen molar-refractivity contribution in [3.63, 3.8) is 0 Å². The van der Waals surface area contributed by atoms with Crippen LogP contribution in [0.2, 0.25) is 0 Å². The Morgan fingerprint density at radius 2 is 2.14 bits per heavy atom. The summed E-state index contributed by atoms with van der Waals surface area (Å²) < 4.78 is 0. The number of nitrogens with zero attached hydrogens (tertiary/aromatic N) is 3. The van der Waals surface area contributed by atoms with E-state index in [0.717, 1.165) is 36.5 Å². The first-order valence-electron chi connectivity index (χ1n) is 8.03. The van der Waals surface area contributed by atoms with Gasteiger partial charge in [-0.3, -0.25) is 4.79 Å². The predicted octanol–water partition coefficient (Wildman–Crippen LogP) is 2.27. The maximum absolute atomic E-state index is 11.5. The van der Waals surface area contributed by atoms with Gasteiger partial charge in [-0.15, -0.1) is 11.3 Å². The first-order chi connectivity index (χ1) is 10.7. The first kappa shape index (κ1) is 13.9. The second-order valence-corrected chi connectivity index (χ2v) is 7.36. The zero-order valence-electron chi connectivity index (χ0n) is 12.5. The van der Waals surface area contributed by atoms with Gasteiger partial charge in [0.15, 0.2) is 0 Å². The Bertz CT molecular complexity index is 726. The van der Waals surface area contributed by atoms with Crippen molar-refractivity contribution in [2.45, 2.75) is 38.5 Å². The molecule has 0 spiro atoms. The van der Waals surface area contributed by atoms with Crippen LogP contribution < -0.4 is 10.6 Å². The summed E-state index contributed by atoms with van der Waals surface area (Å²) in [6.45, 7) is 1.63. The molecular weight excluding hydrogens is 296 g/mol. The van der Waals surface area contributed by atoms with Crippen molar-refractivity contribution in [1.82, 2.24) is 9.97 Å². The summed E-state index contributed by atoms with van der Waals surface area (Å²) in [7, 11) is 0. The fourth-order valence-electron chi connectivity index (χ4n) is 3.72. The third kappa shape index (κ3) is 2.26. The van der Waals surface area contributed by atoms with Gasteiger partial charge in [0.25, 0.3) is 0 Å². The van der Waals surface area contributed by atoms with Crippen molar-refractivity contribution in [3.05, 3.63) is 16.8 Å². The Morgan fingerprint density at radius 3 is 3.00 bits per heavy atom. The molecule has 1 aliphatic carbocycles. The third-order valence-corrected chi connectivity index (χ3v) is 6.05. The molecule has 22 heavy (non-hydrogen) atoms. The van der Waals surface area contributed by atoms with Crippen LogP contribution in [-0.2, 0) is 17.6 Å². The number of thiophene rings is 1. The van der Waals surface area contributed by atoms with Crippen molar-refractivity contribution >= 4 is 33.3 Å². The molecule has 5 nitrogen and oxygen atoms in total. The fourth-order valence-corrected chi connectivity index (χ4v) is 4.94. The Hall–Kier alpha value is -1.69. The Morgan fingerprint density at radius 1 is 1.27 bits per heavy atom. The topological polar surface area (TPSA) is 72.1 Å². The number of hydrogen-bond acceptors (Lipinski definition) is 5. The molecule has 2 N–H and O–H groups in total. The molecular formula is C16H20N4OS. The van der Waals surface area contributed by atoms with Gasteiger partial charge in [-0.05, 0) is 44.1 Å². The maximum atomic E-state index is 11.5. The first-order valence-corrected chi connectivity index (χ1v) is 8.85. The number of anilines is 1. The van der Waals surface area contributed by atoms with Crippen LogP contribution in [0, 0.1) is 5.92 Å². The molecule has 1 aliphatic heterocycles. The molecule has 1 unspecified atom stereocenters. The van der Waals surface area contributed by atoms with Crippen LogP contribution in [-0.4, -0.2) is 29.0 Å². The minimum atomic E-state index is -0.192. The van der Waals surface area contributed by atoms with Crippen molar-refractivity contribution in [3.8, 4) is 0 Å². The molecule has 2 aromatic rings. The van der Waals surface area contributed by atoms with Gasteiger partial charge in [-0.1, -0.05) is 0 Å². The number of nitrogens with two attached hydrogens (primary N) is 1. The molecule has 4 rings (SSSR count). The van der Waals surface area contributed by atoms with Crippen LogP contribution in [0.5, 0.6) is 0 Å². The van der Waals surface area contributed by atoms with Gasteiger partial charge in [-0.25, -0.2) is 9.97 Å². The molecule has 1 atom stereocenters. The lowest BCUT2D eigenvalue weighted by Crippen LogP contribution is -2.41. The van der Waals surface area contributed by atoms with Gasteiger partial charge in [0.2, 0.25) is 5.91 Å². The van der Waals surface area contributed by atoms with Crippen molar-refractivity contribution in [2.24, 2.45) is 11.7 Å². The van der Waals surface area contributed by atoms with E-state index in [-0.39, 0.29) is 11.8 Å².